The summed E-state index contributed by atoms with van der Waals surface area (Å²) >= 11 is 1.69. The Bertz CT molecular complexity index is 998. The third kappa shape index (κ3) is 6.90. The third-order valence-corrected chi connectivity index (χ3v) is 13.4. The van der Waals surface area contributed by atoms with Crippen LogP contribution in [0.3, 0.4) is 0 Å². The minimum atomic E-state index is -2.58. The molecule has 0 fully saturated rings. The first-order valence-electron chi connectivity index (χ1n) is 12.9. The molecule has 3 aromatic rings. The van der Waals surface area contributed by atoms with Gasteiger partial charge in [0.25, 0.3) is 8.32 Å². The van der Waals surface area contributed by atoms with Crippen molar-refractivity contribution in [1.29, 1.82) is 0 Å². The lowest BCUT2D eigenvalue weighted by Gasteiger charge is -2.43. The Balaban J connectivity index is 1.85. The summed E-state index contributed by atoms with van der Waals surface area (Å²) in [6, 6.07) is 31.6. The van der Waals surface area contributed by atoms with Crippen molar-refractivity contribution in [3.63, 3.8) is 0 Å². The van der Waals surface area contributed by atoms with Crippen LogP contribution in [0, 0.1) is 0 Å². The van der Waals surface area contributed by atoms with E-state index in [0.717, 1.165) is 17.7 Å². The number of rotatable bonds is 12. The van der Waals surface area contributed by atoms with Crippen molar-refractivity contribution in [3.05, 3.63) is 91.0 Å². The maximum atomic E-state index is 11.1. The quantitative estimate of drug-likeness (QED) is 0.173. The smallest absolute Gasteiger partial charge is 0.261 e. The van der Waals surface area contributed by atoms with Crippen molar-refractivity contribution in [3.8, 4) is 0 Å². The van der Waals surface area contributed by atoms with Gasteiger partial charge < -0.3 is 14.6 Å². The standard InChI is InChI=1S/C31H42O3SSi/c1-25(32)24-29(33)31(5,35-26-16-9-6-10-17-26)22-15-23-34-36(30(2,3)4,27-18-11-7-12-19-27)28-20-13-8-14-21-28/h6-14,16-21,25,29,32-33H,15,22-24H2,1-5H3/t25-,29+,31-/m1/s1. The molecule has 0 bridgehead atoms. The molecule has 0 heterocycles. The molecule has 2 N–H and O–H groups in total. The summed E-state index contributed by atoms with van der Waals surface area (Å²) in [5, 5.41) is 23.6. The van der Waals surface area contributed by atoms with E-state index in [1.165, 1.54) is 10.4 Å². The average molecular weight is 523 g/mol. The van der Waals surface area contributed by atoms with E-state index >= 15 is 0 Å². The summed E-state index contributed by atoms with van der Waals surface area (Å²) in [6.07, 6.45) is 0.766. The molecule has 194 valence electrons. The summed E-state index contributed by atoms with van der Waals surface area (Å²) in [7, 11) is -2.58. The van der Waals surface area contributed by atoms with Gasteiger partial charge in [-0.25, -0.2) is 0 Å². The fourth-order valence-corrected chi connectivity index (χ4v) is 10.9. The Morgan fingerprint density at radius 3 is 1.69 bits per heavy atom. The number of benzene rings is 3. The van der Waals surface area contributed by atoms with Crippen LogP contribution in [-0.2, 0) is 4.43 Å². The van der Waals surface area contributed by atoms with Crippen LogP contribution in [-0.4, -0.2) is 42.1 Å². The van der Waals surface area contributed by atoms with Gasteiger partial charge in [-0.05, 0) is 54.2 Å². The third-order valence-electron chi connectivity index (χ3n) is 6.92. The number of aliphatic hydroxyl groups is 2. The molecule has 3 nitrogen and oxygen atoms in total. The van der Waals surface area contributed by atoms with Gasteiger partial charge in [0, 0.05) is 22.7 Å². The molecule has 0 amide bonds. The molecule has 0 spiro atoms. The Morgan fingerprint density at radius 2 is 1.25 bits per heavy atom. The fourth-order valence-electron chi connectivity index (χ4n) is 5.03. The second-order valence-electron chi connectivity index (χ2n) is 10.9. The zero-order chi connectivity index (χ0) is 26.2. The molecule has 3 aromatic carbocycles. The molecule has 36 heavy (non-hydrogen) atoms. The lowest BCUT2D eigenvalue weighted by atomic mass is 9.94. The number of hydrogen-bond acceptors (Lipinski definition) is 4. The highest BCUT2D eigenvalue weighted by atomic mass is 32.2. The number of aliphatic hydroxyl groups excluding tert-OH is 2. The molecule has 3 rings (SSSR count). The first-order chi connectivity index (χ1) is 17.1. The van der Waals surface area contributed by atoms with E-state index < -0.39 is 25.3 Å². The topological polar surface area (TPSA) is 49.7 Å². The van der Waals surface area contributed by atoms with Crippen LogP contribution in [0.15, 0.2) is 95.9 Å². The summed E-state index contributed by atoms with van der Waals surface area (Å²) in [5.41, 5.74) is 0. The summed E-state index contributed by atoms with van der Waals surface area (Å²) < 4.78 is 6.63. The maximum Gasteiger partial charge on any atom is 0.261 e. The van der Waals surface area contributed by atoms with Gasteiger partial charge in [0.15, 0.2) is 0 Å². The lowest BCUT2D eigenvalue weighted by molar-refractivity contribution is 0.0636. The van der Waals surface area contributed by atoms with Crippen LogP contribution in [0.5, 0.6) is 0 Å². The van der Waals surface area contributed by atoms with Gasteiger partial charge in [-0.15, -0.1) is 11.8 Å². The molecule has 3 atom stereocenters. The predicted octanol–water partition coefficient (Wildman–Crippen LogP) is 6.03. The second kappa shape index (κ2) is 12.6. The van der Waals surface area contributed by atoms with Gasteiger partial charge in [-0.2, -0.15) is 0 Å². The van der Waals surface area contributed by atoms with Gasteiger partial charge in [0.1, 0.15) is 0 Å². The highest BCUT2D eigenvalue weighted by Gasteiger charge is 2.50. The molecule has 0 saturated carbocycles. The second-order valence-corrected chi connectivity index (χ2v) is 16.9. The average Bonchev–Trinajstić information content (AvgIpc) is 2.84. The van der Waals surface area contributed by atoms with Crippen LogP contribution in [0.25, 0.3) is 0 Å². The van der Waals surface area contributed by atoms with Crippen LogP contribution >= 0.6 is 11.8 Å². The van der Waals surface area contributed by atoms with E-state index in [2.05, 4.69) is 100 Å². The SMILES string of the molecule is C[C@@H](O)C[C@H](O)[C@@](C)(CCCO[Si](c1ccccc1)(c1ccccc1)C(C)(C)C)Sc1ccccc1. The van der Waals surface area contributed by atoms with E-state index in [1.807, 2.05) is 18.2 Å². The number of thioether (sulfide) groups is 1. The summed E-state index contributed by atoms with van der Waals surface area (Å²) in [6.45, 7) is 11.3. The Kier molecular flexibility index (Phi) is 10.0. The summed E-state index contributed by atoms with van der Waals surface area (Å²) in [5.74, 6) is 0. The molecule has 0 saturated heterocycles. The number of hydrogen-bond donors (Lipinski definition) is 2. The molecule has 0 aliphatic heterocycles. The highest BCUT2D eigenvalue weighted by Crippen LogP contribution is 2.41. The Hall–Kier alpha value is -1.89. The van der Waals surface area contributed by atoms with E-state index in [0.29, 0.717) is 13.0 Å². The molecule has 0 aromatic heterocycles. The lowest BCUT2D eigenvalue weighted by Crippen LogP contribution is -2.66. The van der Waals surface area contributed by atoms with Gasteiger partial charge in [-0.3, -0.25) is 0 Å². The Labute approximate surface area is 223 Å². The van der Waals surface area contributed by atoms with Crippen LogP contribution in [0.4, 0.5) is 0 Å². The van der Waals surface area contributed by atoms with E-state index in [-0.39, 0.29) is 5.04 Å². The summed E-state index contributed by atoms with van der Waals surface area (Å²) in [4.78, 5) is 1.12. The molecule has 0 radical (unpaired) electrons. The monoisotopic (exact) mass is 522 g/mol. The largest absolute Gasteiger partial charge is 0.407 e. The van der Waals surface area contributed by atoms with Crippen molar-refractivity contribution < 1.29 is 14.6 Å². The zero-order valence-corrected chi connectivity index (χ0v) is 24.2. The van der Waals surface area contributed by atoms with E-state index in [1.54, 1.807) is 18.7 Å². The van der Waals surface area contributed by atoms with Gasteiger partial charge >= 0.3 is 0 Å². The molecule has 0 aliphatic rings. The van der Waals surface area contributed by atoms with Crippen LogP contribution in [0.1, 0.15) is 53.9 Å². The molecule has 0 aliphatic carbocycles. The molecular weight excluding hydrogens is 480 g/mol. The maximum absolute atomic E-state index is 11.1. The van der Waals surface area contributed by atoms with Crippen molar-refractivity contribution in [2.75, 3.05) is 6.61 Å². The molecular formula is C31H42O3SSi. The first-order valence-corrected chi connectivity index (χ1v) is 15.7. The van der Waals surface area contributed by atoms with Gasteiger partial charge in [-0.1, -0.05) is 99.6 Å². The van der Waals surface area contributed by atoms with Crippen molar-refractivity contribution in [1.82, 2.24) is 0 Å². The highest BCUT2D eigenvalue weighted by molar-refractivity contribution is 8.00. The minimum absolute atomic E-state index is 0.0658. The van der Waals surface area contributed by atoms with Crippen LogP contribution in [0.2, 0.25) is 5.04 Å². The fraction of sp³-hybridized carbons (Fsp3) is 0.419. The normalized spacial score (nSPS) is 15.8. The first kappa shape index (κ1) is 28.7. The van der Waals surface area contributed by atoms with Crippen molar-refractivity contribution in [2.45, 2.75) is 80.8 Å². The van der Waals surface area contributed by atoms with Gasteiger partial charge in [0.05, 0.1) is 12.2 Å². The van der Waals surface area contributed by atoms with E-state index in [9.17, 15) is 10.2 Å². The predicted molar refractivity (Wildman–Crippen MR) is 156 cm³/mol. The minimum Gasteiger partial charge on any atom is -0.407 e. The zero-order valence-electron chi connectivity index (χ0n) is 22.4. The van der Waals surface area contributed by atoms with Crippen molar-refractivity contribution in [2.24, 2.45) is 0 Å². The van der Waals surface area contributed by atoms with Crippen LogP contribution < -0.4 is 10.4 Å². The molecule has 5 heteroatoms. The van der Waals surface area contributed by atoms with E-state index in [4.69, 9.17) is 4.43 Å². The van der Waals surface area contributed by atoms with Crippen molar-refractivity contribution >= 4 is 30.5 Å². The molecule has 0 unspecified atom stereocenters. The van der Waals surface area contributed by atoms with Gasteiger partial charge in [0.2, 0.25) is 0 Å². The Morgan fingerprint density at radius 1 is 0.778 bits per heavy atom.